The number of nitrogens with zero attached hydrogens (tertiary/aromatic N) is 4. The molecular formula is C23H17ClN6O2S2. The predicted octanol–water partition coefficient (Wildman–Crippen LogP) is 5.35. The van der Waals surface area contributed by atoms with Crippen LogP contribution in [0.3, 0.4) is 0 Å². The molecular weight excluding hydrogens is 492 g/mol. The van der Waals surface area contributed by atoms with Crippen LogP contribution in [0, 0.1) is 0 Å². The van der Waals surface area contributed by atoms with Crippen molar-refractivity contribution in [1.82, 2.24) is 19.6 Å². The van der Waals surface area contributed by atoms with E-state index < -0.39 is 0 Å². The highest BCUT2D eigenvalue weighted by Crippen LogP contribution is 2.36. The standard InChI is InChI=1S/C23H17ClN6O2S2/c1-13(31)26-16-3-2-4-17(9-16)27-19(32)11-34-23-29-28-21-20-18(14-5-7-15(24)8-6-14)10-33-22(20)25-12-30(21)23/h2-10,12H,11H2,1H3,(H,26,31)(H,27,32). The van der Waals surface area contributed by atoms with Crippen LogP contribution in [-0.2, 0) is 9.59 Å². The Labute approximate surface area is 207 Å². The van der Waals surface area contributed by atoms with Crippen LogP contribution in [0.4, 0.5) is 11.4 Å². The first-order valence-corrected chi connectivity index (χ1v) is 12.4. The summed E-state index contributed by atoms with van der Waals surface area (Å²) >= 11 is 8.85. The summed E-state index contributed by atoms with van der Waals surface area (Å²) in [4.78, 5) is 29.2. The molecule has 2 amide bonds. The van der Waals surface area contributed by atoms with Gasteiger partial charge in [-0.15, -0.1) is 21.5 Å². The van der Waals surface area contributed by atoms with Gasteiger partial charge in [0.1, 0.15) is 11.2 Å². The molecule has 0 saturated carbocycles. The van der Waals surface area contributed by atoms with Crippen molar-refractivity contribution in [3.8, 4) is 11.1 Å². The first kappa shape index (κ1) is 22.3. The Kier molecular flexibility index (Phi) is 6.18. The smallest absolute Gasteiger partial charge is 0.234 e. The fraction of sp³-hybridized carbons (Fsp3) is 0.0870. The number of hydrogen-bond acceptors (Lipinski definition) is 7. The van der Waals surface area contributed by atoms with E-state index in [1.807, 2.05) is 29.6 Å². The molecule has 34 heavy (non-hydrogen) atoms. The average molecular weight is 509 g/mol. The van der Waals surface area contributed by atoms with Crippen molar-refractivity contribution in [2.75, 3.05) is 16.4 Å². The van der Waals surface area contributed by atoms with Crippen LogP contribution in [-0.4, -0.2) is 37.1 Å². The molecule has 0 fully saturated rings. The number of thiophene rings is 1. The lowest BCUT2D eigenvalue weighted by Gasteiger charge is -2.07. The van der Waals surface area contributed by atoms with Gasteiger partial charge in [0.05, 0.1) is 11.1 Å². The van der Waals surface area contributed by atoms with E-state index in [2.05, 4.69) is 25.8 Å². The molecule has 0 atom stereocenters. The number of amides is 2. The van der Waals surface area contributed by atoms with Crippen LogP contribution in [0.25, 0.3) is 27.0 Å². The van der Waals surface area contributed by atoms with E-state index in [0.717, 1.165) is 21.3 Å². The highest BCUT2D eigenvalue weighted by Gasteiger charge is 2.17. The zero-order valence-electron chi connectivity index (χ0n) is 17.8. The van der Waals surface area contributed by atoms with Gasteiger partial charge in [0.2, 0.25) is 11.8 Å². The van der Waals surface area contributed by atoms with E-state index in [9.17, 15) is 9.59 Å². The SMILES string of the molecule is CC(=O)Nc1cccc(NC(=O)CSc2nnc3c4c(-c5ccc(Cl)cc5)csc4ncn23)c1. The van der Waals surface area contributed by atoms with Gasteiger partial charge < -0.3 is 10.6 Å². The highest BCUT2D eigenvalue weighted by atomic mass is 35.5. The van der Waals surface area contributed by atoms with Crippen molar-refractivity contribution in [3.05, 3.63) is 65.3 Å². The summed E-state index contributed by atoms with van der Waals surface area (Å²) in [5.41, 5.74) is 3.92. The number of thioether (sulfide) groups is 1. The maximum Gasteiger partial charge on any atom is 0.234 e. The Morgan fingerprint density at radius 2 is 1.85 bits per heavy atom. The van der Waals surface area contributed by atoms with Gasteiger partial charge in [0.15, 0.2) is 10.8 Å². The number of anilines is 2. The van der Waals surface area contributed by atoms with Crippen LogP contribution in [0.5, 0.6) is 0 Å². The van der Waals surface area contributed by atoms with Gasteiger partial charge in [-0.05, 0) is 35.9 Å². The van der Waals surface area contributed by atoms with E-state index in [0.29, 0.717) is 27.2 Å². The van der Waals surface area contributed by atoms with Crippen LogP contribution in [0.2, 0.25) is 5.02 Å². The molecule has 0 aliphatic rings. The number of benzene rings is 2. The van der Waals surface area contributed by atoms with Crippen LogP contribution >= 0.6 is 34.7 Å². The van der Waals surface area contributed by atoms with Gasteiger partial charge >= 0.3 is 0 Å². The molecule has 0 radical (unpaired) electrons. The summed E-state index contributed by atoms with van der Waals surface area (Å²) in [5, 5.41) is 18.4. The number of carbonyl (C=O) groups is 2. The van der Waals surface area contributed by atoms with E-state index in [-0.39, 0.29) is 17.6 Å². The molecule has 2 N–H and O–H groups in total. The van der Waals surface area contributed by atoms with Crippen molar-refractivity contribution < 1.29 is 9.59 Å². The van der Waals surface area contributed by atoms with Crippen molar-refractivity contribution in [2.24, 2.45) is 0 Å². The van der Waals surface area contributed by atoms with Gasteiger partial charge in [0.25, 0.3) is 0 Å². The molecule has 8 nitrogen and oxygen atoms in total. The molecule has 170 valence electrons. The van der Waals surface area contributed by atoms with Gasteiger partial charge in [-0.25, -0.2) is 4.98 Å². The number of halogens is 1. The van der Waals surface area contributed by atoms with Gasteiger partial charge in [-0.3, -0.25) is 14.0 Å². The zero-order chi connectivity index (χ0) is 23.7. The Hall–Kier alpha value is -3.47. The van der Waals surface area contributed by atoms with E-state index >= 15 is 0 Å². The Morgan fingerprint density at radius 1 is 1.09 bits per heavy atom. The van der Waals surface area contributed by atoms with Crippen molar-refractivity contribution in [3.63, 3.8) is 0 Å². The second-order valence-electron chi connectivity index (χ2n) is 7.36. The number of rotatable bonds is 6. The summed E-state index contributed by atoms with van der Waals surface area (Å²) in [5.74, 6) is -0.241. The molecule has 0 saturated heterocycles. The summed E-state index contributed by atoms with van der Waals surface area (Å²) in [6.45, 7) is 1.43. The van der Waals surface area contributed by atoms with Gasteiger partial charge in [0, 0.05) is 34.3 Å². The van der Waals surface area contributed by atoms with E-state index in [1.165, 1.54) is 30.0 Å². The largest absolute Gasteiger partial charge is 0.326 e. The molecule has 3 aromatic heterocycles. The third kappa shape index (κ3) is 4.60. The van der Waals surface area contributed by atoms with Crippen LogP contribution in [0.1, 0.15) is 6.92 Å². The summed E-state index contributed by atoms with van der Waals surface area (Å²) in [6, 6.07) is 14.6. The number of carbonyl (C=O) groups excluding carboxylic acids is 2. The molecule has 11 heteroatoms. The fourth-order valence-corrected chi connectivity index (χ4v) is 5.21. The minimum Gasteiger partial charge on any atom is -0.326 e. The summed E-state index contributed by atoms with van der Waals surface area (Å²) < 4.78 is 1.80. The van der Waals surface area contributed by atoms with Gasteiger partial charge in [-0.1, -0.05) is 41.6 Å². The Balaban J connectivity index is 1.35. The number of fused-ring (bicyclic) bond motifs is 3. The molecule has 0 unspecified atom stereocenters. The lowest BCUT2D eigenvalue weighted by atomic mass is 10.1. The minimum atomic E-state index is -0.201. The first-order valence-electron chi connectivity index (χ1n) is 10.1. The molecule has 0 bridgehead atoms. The predicted molar refractivity (Wildman–Crippen MR) is 137 cm³/mol. The normalized spacial score (nSPS) is 11.1. The average Bonchev–Trinajstić information content (AvgIpc) is 3.42. The van der Waals surface area contributed by atoms with Gasteiger partial charge in [-0.2, -0.15) is 0 Å². The maximum absolute atomic E-state index is 12.5. The van der Waals surface area contributed by atoms with Crippen molar-refractivity contribution in [2.45, 2.75) is 12.1 Å². The fourth-order valence-electron chi connectivity index (χ4n) is 3.47. The molecule has 2 aromatic carbocycles. The number of aromatic nitrogens is 4. The molecule has 5 aromatic rings. The Morgan fingerprint density at radius 3 is 2.62 bits per heavy atom. The molecule has 3 heterocycles. The topological polar surface area (TPSA) is 101 Å². The third-order valence-corrected chi connectivity index (χ3v) is 6.99. The van der Waals surface area contributed by atoms with Crippen LogP contribution in [0.15, 0.2) is 65.4 Å². The molecule has 5 rings (SSSR count). The zero-order valence-corrected chi connectivity index (χ0v) is 20.2. The first-order chi connectivity index (χ1) is 16.5. The second-order valence-corrected chi connectivity index (χ2v) is 9.59. The number of hydrogen-bond donors (Lipinski definition) is 2. The molecule has 0 aliphatic heterocycles. The molecule has 0 aliphatic carbocycles. The summed E-state index contributed by atoms with van der Waals surface area (Å²) in [7, 11) is 0. The van der Waals surface area contributed by atoms with E-state index in [1.54, 1.807) is 35.0 Å². The van der Waals surface area contributed by atoms with Crippen molar-refractivity contribution >= 4 is 73.8 Å². The Bertz CT molecular complexity index is 1530. The minimum absolute atomic E-state index is 0.136. The second kappa shape index (κ2) is 9.41. The molecule has 0 spiro atoms. The number of nitrogens with one attached hydrogen (secondary N) is 2. The van der Waals surface area contributed by atoms with Crippen LogP contribution < -0.4 is 10.6 Å². The lowest BCUT2D eigenvalue weighted by molar-refractivity contribution is -0.114. The lowest BCUT2D eigenvalue weighted by Crippen LogP contribution is -2.14. The monoisotopic (exact) mass is 508 g/mol. The maximum atomic E-state index is 12.5. The quantitative estimate of drug-likeness (QED) is 0.300. The third-order valence-electron chi connectivity index (χ3n) is 4.90. The van der Waals surface area contributed by atoms with Crippen molar-refractivity contribution in [1.29, 1.82) is 0 Å². The summed E-state index contributed by atoms with van der Waals surface area (Å²) in [6.07, 6.45) is 1.68. The highest BCUT2D eigenvalue weighted by molar-refractivity contribution is 7.99. The van der Waals surface area contributed by atoms with E-state index in [4.69, 9.17) is 11.6 Å².